The van der Waals surface area contributed by atoms with E-state index in [0.29, 0.717) is 33.5 Å². The number of carboxylic acids is 1. The number of rotatable bonds is 12. The number of aryl methyl sites for hydroxylation is 2. The Balaban J connectivity index is 1.39. The number of benzene rings is 3. The van der Waals surface area contributed by atoms with E-state index in [1.165, 1.54) is 35.3 Å². The quantitative estimate of drug-likeness (QED) is 0.0774. The van der Waals surface area contributed by atoms with Gasteiger partial charge in [0.05, 0.1) is 23.3 Å². The molecule has 0 saturated carbocycles. The van der Waals surface area contributed by atoms with Gasteiger partial charge in [-0.2, -0.15) is 5.10 Å². The normalized spacial score (nSPS) is 12.6. The molecule has 4 N–H and O–H groups in total. The fourth-order valence-corrected chi connectivity index (χ4v) is 5.07. The van der Waals surface area contributed by atoms with Crippen LogP contribution in [0.1, 0.15) is 37.5 Å². The molecule has 3 aromatic carbocycles. The number of para-hydroxylation sites is 1. The van der Waals surface area contributed by atoms with Gasteiger partial charge in [-0.05, 0) is 75.6 Å². The zero-order chi connectivity index (χ0) is 38.8. The van der Waals surface area contributed by atoms with Crippen molar-refractivity contribution in [2.24, 2.45) is 10.1 Å². The van der Waals surface area contributed by atoms with Crippen LogP contribution in [0.15, 0.2) is 83.2 Å². The van der Waals surface area contributed by atoms with Gasteiger partial charge in [0.1, 0.15) is 23.7 Å². The van der Waals surface area contributed by atoms with Crippen LogP contribution in [0.4, 0.5) is 23.7 Å². The number of aromatic nitrogens is 3. The number of aliphatic carboxylic acids is 1. The molecule has 1 unspecified atom stereocenters. The smallest absolute Gasteiger partial charge is 0.480 e. The number of hydrazone groups is 1. The summed E-state index contributed by atoms with van der Waals surface area (Å²) in [5.41, 5.74) is 6.39. The number of alkyl halides is 3. The first-order chi connectivity index (χ1) is 25.0. The van der Waals surface area contributed by atoms with Crippen molar-refractivity contribution >= 4 is 46.8 Å². The Kier molecular flexibility index (Phi) is 13.2. The van der Waals surface area contributed by atoms with Gasteiger partial charge in [0.2, 0.25) is 5.91 Å². The van der Waals surface area contributed by atoms with Gasteiger partial charge in [-0.3, -0.25) is 10.2 Å². The Morgan fingerprint density at radius 2 is 1.66 bits per heavy atom. The monoisotopic (exact) mass is 754 g/mol. The van der Waals surface area contributed by atoms with E-state index in [4.69, 9.17) is 9.73 Å². The average Bonchev–Trinajstić information content (AvgIpc) is 3.56. The van der Waals surface area contributed by atoms with E-state index in [9.17, 15) is 32.7 Å². The number of hydrogen-bond donors (Lipinski definition) is 4. The van der Waals surface area contributed by atoms with E-state index < -0.39 is 36.0 Å². The lowest BCUT2D eigenvalue weighted by Crippen LogP contribution is -2.50. The maximum atomic E-state index is 12.7. The molecule has 1 heterocycles. The zero-order valence-electron chi connectivity index (χ0n) is 29.3. The number of ether oxygens (including phenoxy) is 2. The number of carboxylic acid groups (broad SMARTS) is 1. The Morgan fingerprint density at radius 1 is 1.00 bits per heavy atom. The van der Waals surface area contributed by atoms with E-state index in [2.05, 4.69) is 36.0 Å². The molecule has 53 heavy (non-hydrogen) atoms. The lowest BCUT2D eigenvalue weighted by molar-refractivity contribution is -0.274. The molecule has 14 nitrogen and oxygen atoms in total. The summed E-state index contributed by atoms with van der Waals surface area (Å²) in [6.45, 7) is 8.34. The third kappa shape index (κ3) is 13.0. The molecular weight excluding hydrogens is 717 g/mol. The van der Waals surface area contributed by atoms with Crippen LogP contribution in [0, 0.1) is 13.8 Å². The number of aliphatic imine (C=N–C) groups is 1. The summed E-state index contributed by atoms with van der Waals surface area (Å²) in [4.78, 5) is 45.4. The Hall–Kier alpha value is -5.91. The van der Waals surface area contributed by atoms with Crippen molar-refractivity contribution in [2.45, 2.75) is 52.6 Å². The first-order valence-corrected chi connectivity index (χ1v) is 16.9. The highest BCUT2D eigenvalue weighted by molar-refractivity contribution is 8.14. The first kappa shape index (κ1) is 39.9. The molecule has 0 radical (unpaired) electrons. The van der Waals surface area contributed by atoms with Gasteiger partial charge in [0, 0.05) is 12.1 Å². The highest BCUT2D eigenvalue weighted by atomic mass is 32.2. The van der Waals surface area contributed by atoms with E-state index >= 15 is 0 Å². The van der Waals surface area contributed by atoms with Crippen molar-refractivity contribution in [1.29, 1.82) is 0 Å². The number of amides is 2. The molecule has 0 fully saturated rings. The van der Waals surface area contributed by atoms with Crippen LogP contribution in [0.25, 0.3) is 17.1 Å². The van der Waals surface area contributed by atoms with Gasteiger partial charge in [0.25, 0.3) is 0 Å². The topological polar surface area (TPSA) is 181 Å². The van der Waals surface area contributed by atoms with Crippen LogP contribution in [-0.4, -0.2) is 79.5 Å². The largest absolute Gasteiger partial charge is 0.573 e. The highest BCUT2D eigenvalue weighted by Gasteiger charge is 2.31. The van der Waals surface area contributed by atoms with E-state index in [-0.39, 0.29) is 18.0 Å². The predicted octanol–water partition coefficient (Wildman–Crippen LogP) is 5.89. The van der Waals surface area contributed by atoms with Crippen LogP contribution < -0.4 is 20.8 Å². The SMILES string of the molecule is Cc1cccc(C)c1/N=C(/N/N=C/c1ccc(-c2ncn(-c3ccc(OC(F)(F)F)cc3)n2)cc1)SCC(=O)NCC(NC(=O)OC(C)(C)C)C(=O)O. The number of hydrogen-bond acceptors (Lipinski definition) is 10. The zero-order valence-corrected chi connectivity index (χ0v) is 30.1. The molecule has 0 spiro atoms. The Morgan fingerprint density at radius 3 is 2.26 bits per heavy atom. The van der Waals surface area contributed by atoms with Crippen LogP contribution in [-0.2, 0) is 14.3 Å². The number of thioether (sulfide) groups is 1. The second-order valence-electron chi connectivity index (χ2n) is 12.3. The molecular formula is C35H37F3N8O6S. The third-order valence-electron chi connectivity index (χ3n) is 6.85. The molecule has 0 aliphatic heterocycles. The summed E-state index contributed by atoms with van der Waals surface area (Å²) >= 11 is 1.04. The Labute approximate surface area is 306 Å². The van der Waals surface area contributed by atoms with Gasteiger partial charge in [0.15, 0.2) is 11.0 Å². The standard InChI is InChI=1S/C35H37F3N8O6S/c1-21-7-6-8-22(2)29(21)43-32(53-19-28(47)39-18-27(31(48)49)42-33(50)52-34(3,4)5)44-41-17-23-9-11-24(12-10-23)30-40-20-46(45-30)25-13-15-26(16-14-25)51-35(36,37)38/h6-17,20,27H,18-19H2,1-5H3,(H,39,47)(H,42,50)(H,43,44)(H,48,49)/b41-17+. The highest BCUT2D eigenvalue weighted by Crippen LogP contribution is 2.25. The number of halogens is 3. The minimum absolute atomic E-state index is 0.148. The second-order valence-corrected chi connectivity index (χ2v) is 13.3. The molecule has 280 valence electrons. The minimum atomic E-state index is -4.79. The van der Waals surface area contributed by atoms with Crippen LogP contribution in [0.3, 0.4) is 0 Å². The molecule has 0 aliphatic carbocycles. The summed E-state index contributed by atoms with van der Waals surface area (Å²) in [7, 11) is 0. The van der Waals surface area contributed by atoms with Crippen molar-refractivity contribution in [2.75, 3.05) is 12.3 Å². The van der Waals surface area contributed by atoms with Crippen LogP contribution >= 0.6 is 11.8 Å². The van der Waals surface area contributed by atoms with Crippen LogP contribution in [0.5, 0.6) is 5.75 Å². The Bertz CT molecular complexity index is 1940. The van der Waals surface area contributed by atoms with Gasteiger partial charge < -0.3 is 25.2 Å². The molecule has 2 amide bonds. The number of nitrogens with one attached hydrogen (secondary N) is 3. The number of carbonyl (C=O) groups excluding carboxylic acids is 2. The molecule has 0 aliphatic rings. The number of alkyl carbamates (subject to hydrolysis) is 1. The van der Waals surface area contributed by atoms with Crippen molar-refractivity contribution in [3.05, 3.63) is 89.7 Å². The minimum Gasteiger partial charge on any atom is -0.480 e. The summed E-state index contributed by atoms with van der Waals surface area (Å²) in [6, 6.07) is 16.6. The van der Waals surface area contributed by atoms with Gasteiger partial charge in [-0.15, -0.1) is 18.3 Å². The van der Waals surface area contributed by atoms with Crippen LogP contribution in [0.2, 0.25) is 0 Å². The molecule has 18 heteroatoms. The predicted molar refractivity (Wildman–Crippen MR) is 193 cm³/mol. The summed E-state index contributed by atoms with van der Waals surface area (Å²) in [6.07, 6.45) is -2.73. The first-order valence-electron chi connectivity index (χ1n) is 15.9. The number of carbonyl (C=O) groups is 3. The van der Waals surface area contributed by atoms with Crippen molar-refractivity contribution in [3.8, 4) is 22.8 Å². The van der Waals surface area contributed by atoms with Crippen molar-refractivity contribution in [3.63, 3.8) is 0 Å². The van der Waals surface area contributed by atoms with Gasteiger partial charge in [-0.1, -0.05) is 54.2 Å². The van der Waals surface area contributed by atoms with E-state index in [1.807, 2.05) is 32.0 Å². The number of amidine groups is 1. The number of nitrogens with zero attached hydrogens (tertiary/aromatic N) is 5. The molecule has 1 aromatic heterocycles. The maximum Gasteiger partial charge on any atom is 0.573 e. The average molecular weight is 755 g/mol. The fraction of sp³-hybridized carbons (Fsp3) is 0.286. The van der Waals surface area contributed by atoms with Crippen molar-refractivity contribution < 1.29 is 42.1 Å². The molecule has 1 atom stereocenters. The molecule has 4 rings (SSSR count). The molecule has 0 bridgehead atoms. The maximum absolute atomic E-state index is 12.7. The van der Waals surface area contributed by atoms with E-state index in [1.54, 1.807) is 51.3 Å². The summed E-state index contributed by atoms with van der Waals surface area (Å²) < 4.78 is 47.8. The fourth-order valence-electron chi connectivity index (χ4n) is 4.42. The van der Waals surface area contributed by atoms with Crippen molar-refractivity contribution in [1.82, 2.24) is 30.8 Å². The summed E-state index contributed by atoms with van der Waals surface area (Å²) in [5.74, 6) is -1.96. The van der Waals surface area contributed by atoms with Gasteiger partial charge in [-0.25, -0.2) is 24.2 Å². The summed E-state index contributed by atoms with van der Waals surface area (Å²) in [5, 5.41) is 23.2. The third-order valence-corrected chi connectivity index (χ3v) is 7.72. The lowest BCUT2D eigenvalue weighted by Gasteiger charge is -2.22. The molecule has 4 aromatic rings. The lowest BCUT2D eigenvalue weighted by atomic mass is 10.1. The van der Waals surface area contributed by atoms with E-state index in [0.717, 1.165) is 22.9 Å². The van der Waals surface area contributed by atoms with Gasteiger partial charge >= 0.3 is 18.4 Å². The molecule has 0 saturated heterocycles. The second kappa shape index (κ2) is 17.5.